The highest BCUT2D eigenvalue weighted by Gasteiger charge is 2.38. The van der Waals surface area contributed by atoms with Crippen molar-refractivity contribution in [2.45, 2.75) is 39.9 Å². The number of fused-ring (bicyclic) bond motifs is 1. The van der Waals surface area contributed by atoms with E-state index in [2.05, 4.69) is 5.92 Å². The highest BCUT2D eigenvalue weighted by Crippen LogP contribution is 2.44. The second-order valence-electron chi connectivity index (χ2n) is 5.86. The smallest absolute Gasteiger partial charge is 0.269 e. The van der Waals surface area contributed by atoms with Crippen LogP contribution in [0, 0.1) is 18.3 Å². The van der Waals surface area contributed by atoms with Crippen LogP contribution in [0.2, 0.25) is 0 Å². The first kappa shape index (κ1) is 17.2. The van der Waals surface area contributed by atoms with Crippen LogP contribution in [0.3, 0.4) is 0 Å². The molecule has 1 aliphatic rings. The van der Waals surface area contributed by atoms with Crippen molar-refractivity contribution in [1.29, 1.82) is 0 Å². The zero-order valence-corrected chi connectivity index (χ0v) is 13.8. The molecule has 124 valence electrons. The maximum atomic E-state index is 12.6. The molecule has 0 fully saturated rings. The number of carbonyl (C=O) groups is 1. The molecule has 0 aliphatic carbocycles. The zero-order valence-electron chi connectivity index (χ0n) is 13.8. The number of hydrogen-bond acceptors (Lipinski definition) is 4. The van der Waals surface area contributed by atoms with Crippen LogP contribution in [0.1, 0.15) is 32.8 Å². The molecule has 2 rings (SSSR count). The molecule has 1 aromatic carbocycles. The number of aliphatic hydroxyl groups excluding tert-OH is 1. The topological polar surface area (TPSA) is 59.0 Å². The van der Waals surface area contributed by atoms with Gasteiger partial charge in [-0.25, -0.2) is 0 Å². The number of ether oxygens (including phenoxy) is 2. The normalized spacial score (nSPS) is 16.8. The van der Waals surface area contributed by atoms with Gasteiger partial charge < -0.3 is 14.6 Å². The van der Waals surface area contributed by atoms with Crippen molar-refractivity contribution >= 4 is 11.6 Å². The summed E-state index contributed by atoms with van der Waals surface area (Å²) in [5.74, 6) is 3.41. The number of hydrogen-bond donors (Lipinski definition) is 1. The second kappa shape index (κ2) is 7.38. The minimum absolute atomic E-state index is 0.00691. The minimum Gasteiger partial charge on any atom is -0.490 e. The van der Waals surface area contributed by atoms with Gasteiger partial charge in [-0.05, 0) is 30.0 Å². The van der Waals surface area contributed by atoms with E-state index in [0.29, 0.717) is 29.4 Å². The Kier molecular flexibility index (Phi) is 5.51. The molecule has 1 N–H and O–H groups in total. The van der Waals surface area contributed by atoms with Gasteiger partial charge in [0.05, 0.1) is 25.4 Å². The van der Waals surface area contributed by atoms with Gasteiger partial charge >= 0.3 is 0 Å². The first-order valence-corrected chi connectivity index (χ1v) is 7.85. The average molecular weight is 317 g/mol. The molecular weight excluding hydrogens is 294 g/mol. The summed E-state index contributed by atoms with van der Waals surface area (Å²) in [5, 5.41) is 9.47. The lowest BCUT2D eigenvalue weighted by Gasteiger charge is -2.36. The molecule has 1 heterocycles. The van der Waals surface area contributed by atoms with Crippen LogP contribution in [0.25, 0.3) is 0 Å². The van der Waals surface area contributed by atoms with Crippen LogP contribution >= 0.6 is 0 Å². The van der Waals surface area contributed by atoms with Crippen molar-refractivity contribution < 1.29 is 19.4 Å². The van der Waals surface area contributed by atoms with Crippen molar-refractivity contribution in [3.05, 3.63) is 17.7 Å². The van der Waals surface area contributed by atoms with Crippen molar-refractivity contribution in [3.8, 4) is 23.8 Å². The van der Waals surface area contributed by atoms with E-state index in [9.17, 15) is 9.90 Å². The highest BCUT2D eigenvalue weighted by atomic mass is 16.5. The number of amides is 1. The van der Waals surface area contributed by atoms with Crippen molar-refractivity contribution in [2.24, 2.45) is 5.92 Å². The molecule has 1 aliphatic heterocycles. The molecule has 1 amide bonds. The average Bonchev–Trinajstić information content (AvgIpc) is 2.54. The molecule has 23 heavy (non-hydrogen) atoms. The molecule has 0 aromatic heterocycles. The van der Waals surface area contributed by atoms with Crippen LogP contribution in [0.5, 0.6) is 11.5 Å². The summed E-state index contributed by atoms with van der Waals surface area (Å²) in [7, 11) is 0. The fourth-order valence-electron chi connectivity index (χ4n) is 2.50. The second-order valence-corrected chi connectivity index (χ2v) is 5.86. The van der Waals surface area contributed by atoms with Gasteiger partial charge in [-0.15, -0.1) is 6.42 Å². The van der Waals surface area contributed by atoms with Crippen LogP contribution in [0.15, 0.2) is 12.1 Å². The Bertz CT molecular complexity index is 618. The lowest BCUT2D eigenvalue weighted by molar-refractivity contribution is -0.128. The van der Waals surface area contributed by atoms with Gasteiger partial charge in [0, 0.05) is 0 Å². The van der Waals surface area contributed by atoms with Gasteiger partial charge in [0.15, 0.2) is 17.6 Å². The molecule has 5 heteroatoms. The number of benzene rings is 1. The van der Waals surface area contributed by atoms with Gasteiger partial charge in [-0.1, -0.05) is 26.7 Å². The number of rotatable bonds is 6. The molecule has 0 saturated carbocycles. The molecule has 0 radical (unpaired) electrons. The van der Waals surface area contributed by atoms with E-state index in [1.54, 1.807) is 12.1 Å². The van der Waals surface area contributed by atoms with Gasteiger partial charge in [0.2, 0.25) is 0 Å². The van der Waals surface area contributed by atoms with E-state index < -0.39 is 6.10 Å². The molecule has 0 spiro atoms. The Hall–Kier alpha value is -2.19. The standard InChI is InChI=1S/C18H23NO4/c1-5-7-19-14-9-13(11-20)10-15(22-8-6-2)17(14)23-16(12(3)4)18(19)21/h1,9-10,12,16,20H,6-8,11H2,2-4H3. The minimum atomic E-state index is -0.597. The number of aliphatic hydroxyl groups is 1. The summed E-state index contributed by atoms with van der Waals surface area (Å²) in [6.07, 6.45) is 5.67. The lowest BCUT2D eigenvalue weighted by atomic mass is 10.0. The fourth-order valence-corrected chi connectivity index (χ4v) is 2.50. The van der Waals surface area contributed by atoms with E-state index in [4.69, 9.17) is 15.9 Å². The molecule has 1 aromatic rings. The maximum absolute atomic E-state index is 12.6. The molecular formula is C18H23NO4. The van der Waals surface area contributed by atoms with E-state index in [-0.39, 0.29) is 25.0 Å². The summed E-state index contributed by atoms with van der Waals surface area (Å²) < 4.78 is 11.7. The Labute approximate surface area is 137 Å². The molecule has 1 atom stereocenters. The summed E-state index contributed by atoms with van der Waals surface area (Å²) in [6, 6.07) is 3.47. The highest BCUT2D eigenvalue weighted by molar-refractivity contribution is 6.01. The Balaban J connectivity index is 2.55. The number of carbonyl (C=O) groups excluding carboxylic acids is 1. The predicted molar refractivity (Wildman–Crippen MR) is 88.6 cm³/mol. The van der Waals surface area contributed by atoms with Crippen LogP contribution < -0.4 is 14.4 Å². The fraction of sp³-hybridized carbons (Fsp3) is 0.500. The first-order valence-electron chi connectivity index (χ1n) is 7.85. The van der Waals surface area contributed by atoms with Crippen LogP contribution in [-0.2, 0) is 11.4 Å². The quantitative estimate of drug-likeness (QED) is 0.818. The monoisotopic (exact) mass is 317 g/mol. The third-order valence-corrected chi connectivity index (χ3v) is 3.64. The van der Waals surface area contributed by atoms with Crippen molar-refractivity contribution in [3.63, 3.8) is 0 Å². The van der Waals surface area contributed by atoms with Crippen LogP contribution in [-0.4, -0.2) is 30.3 Å². The summed E-state index contributed by atoms with van der Waals surface area (Å²) in [6.45, 7) is 6.39. The predicted octanol–water partition coefficient (Wildman–Crippen LogP) is 2.35. The van der Waals surface area contributed by atoms with Crippen molar-refractivity contribution in [2.75, 3.05) is 18.1 Å². The van der Waals surface area contributed by atoms with Crippen LogP contribution in [0.4, 0.5) is 5.69 Å². The molecule has 0 saturated heterocycles. The molecule has 0 bridgehead atoms. The zero-order chi connectivity index (χ0) is 17.0. The van der Waals surface area contributed by atoms with Gasteiger partial charge in [-0.2, -0.15) is 0 Å². The lowest BCUT2D eigenvalue weighted by Crippen LogP contribution is -2.48. The SMILES string of the molecule is C#CCN1C(=O)C(C(C)C)Oc2c(OCCC)cc(CO)cc21. The Morgan fingerprint density at radius 1 is 1.48 bits per heavy atom. The third kappa shape index (κ3) is 3.43. The summed E-state index contributed by atoms with van der Waals surface area (Å²) >= 11 is 0. The van der Waals surface area contributed by atoms with Gasteiger partial charge in [-0.3, -0.25) is 9.69 Å². The first-order chi connectivity index (χ1) is 11.0. The summed E-state index contributed by atoms with van der Waals surface area (Å²) in [4.78, 5) is 14.2. The molecule has 1 unspecified atom stereocenters. The Morgan fingerprint density at radius 2 is 2.22 bits per heavy atom. The van der Waals surface area contributed by atoms with E-state index >= 15 is 0 Å². The van der Waals surface area contributed by atoms with Gasteiger partial charge in [0.25, 0.3) is 5.91 Å². The van der Waals surface area contributed by atoms with Crippen molar-refractivity contribution in [1.82, 2.24) is 0 Å². The maximum Gasteiger partial charge on any atom is 0.269 e. The number of nitrogens with zero attached hydrogens (tertiary/aromatic N) is 1. The number of anilines is 1. The molecule has 5 nitrogen and oxygen atoms in total. The third-order valence-electron chi connectivity index (χ3n) is 3.64. The van der Waals surface area contributed by atoms with E-state index in [1.807, 2.05) is 20.8 Å². The van der Waals surface area contributed by atoms with E-state index in [0.717, 1.165) is 6.42 Å². The Morgan fingerprint density at radius 3 is 2.78 bits per heavy atom. The summed E-state index contributed by atoms with van der Waals surface area (Å²) in [5.41, 5.74) is 1.21. The van der Waals surface area contributed by atoms with Gasteiger partial charge in [0.1, 0.15) is 0 Å². The number of terminal acetylenes is 1. The van der Waals surface area contributed by atoms with E-state index in [1.165, 1.54) is 4.90 Å². The largest absolute Gasteiger partial charge is 0.490 e.